The molecule has 2 rings (SSSR count). The molecule has 0 bridgehead atoms. The number of halogens is 3. The Bertz CT molecular complexity index is 602. The van der Waals surface area contributed by atoms with Gasteiger partial charge < -0.3 is 9.42 Å². The fourth-order valence-electron chi connectivity index (χ4n) is 1.60. The number of rotatable bonds is 4. The van der Waals surface area contributed by atoms with Crippen molar-refractivity contribution < 1.29 is 22.5 Å². The molecule has 20 heavy (non-hydrogen) atoms. The summed E-state index contributed by atoms with van der Waals surface area (Å²) >= 11 is 0. The predicted molar refractivity (Wildman–Crippen MR) is 61.5 cm³/mol. The molecule has 0 radical (unpaired) electrons. The van der Waals surface area contributed by atoms with Crippen LogP contribution in [0.5, 0.6) is 0 Å². The number of amides is 1. The molecule has 8 heteroatoms. The molecule has 2 aromatic rings. The van der Waals surface area contributed by atoms with Crippen LogP contribution in [0.4, 0.5) is 13.2 Å². The Labute approximate surface area is 112 Å². The van der Waals surface area contributed by atoms with E-state index in [1.54, 1.807) is 0 Å². The highest BCUT2D eigenvalue weighted by Gasteiger charge is 2.18. The minimum absolute atomic E-state index is 0.0297. The molecule has 0 spiro atoms. The lowest BCUT2D eigenvalue weighted by Crippen LogP contribution is -2.26. The second-order valence-electron chi connectivity index (χ2n) is 4.05. The lowest BCUT2D eigenvalue weighted by atomic mass is 10.1. The molecule has 0 unspecified atom stereocenters. The summed E-state index contributed by atoms with van der Waals surface area (Å²) in [5.41, 5.74) is -0.764. The standard InChI is InChI=1S/C12H10F3N3O2/c1-18(5-10-16-6-20-17-10)12(19)7-2-3-8(11(14)15)9(13)4-7/h2-4,6,11H,5H2,1H3. The second kappa shape index (κ2) is 5.72. The van der Waals surface area contributed by atoms with Crippen LogP contribution >= 0.6 is 0 Å². The largest absolute Gasteiger partial charge is 0.343 e. The number of alkyl halides is 2. The van der Waals surface area contributed by atoms with E-state index in [9.17, 15) is 18.0 Å². The molecular formula is C12H10F3N3O2. The molecule has 1 aromatic heterocycles. The summed E-state index contributed by atoms with van der Waals surface area (Å²) in [4.78, 5) is 17.0. The minimum Gasteiger partial charge on any atom is -0.343 e. The Morgan fingerprint density at radius 1 is 1.45 bits per heavy atom. The van der Waals surface area contributed by atoms with E-state index in [2.05, 4.69) is 14.7 Å². The zero-order chi connectivity index (χ0) is 14.7. The molecule has 0 saturated heterocycles. The molecule has 106 valence electrons. The highest BCUT2D eigenvalue weighted by atomic mass is 19.3. The van der Waals surface area contributed by atoms with Crippen molar-refractivity contribution in [2.24, 2.45) is 0 Å². The highest BCUT2D eigenvalue weighted by molar-refractivity contribution is 5.94. The monoisotopic (exact) mass is 285 g/mol. The van der Waals surface area contributed by atoms with E-state index < -0.39 is 23.7 Å². The molecule has 0 aliphatic heterocycles. The normalized spacial score (nSPS) is 10.8. The lowest BCUT2D eigenvalue weighted by Gasteiger charge is -2.15. The van der Waals surface area contributed by atoms with Crippen molar-refractivity contribution in [3.63, 3.8) is 0 Å². The third-order valence-electron chi connectivity index (χ3n) is 2.61. The maximum atomic E-state index is 13.4. The maximum absolute atomic E-state index is 13.4. The molecule has 0 saturated carbocycles. The zero-order valence-electron chi connectivity index (χ0n) is 10.4. The summed E-state index contributed by atoms with van der Waals surface area (Å²) < 4.78 is 42.7. The highest BCUT2D eigenvalue weighted by Crippen LogP contribution is 2.23. The Morgan fingerprint density at radius 3 is 2.75 bits per heavy atom. The Kier molecular flexibility index (Phi) is 4.02. The van der Waals surface area contributed by atoms with Gasteiger partial charge in [0.2, 0.25) is 6.39 Å². The van der Waals surface area contributed by atoms with Crippen LogP contribution in [0.1, 0.15) is 28.2 Å². The first-order chi connectivity index (χ1) is 9.49. The van der Waals surface area contributed by atoms with E-state index in [0.717, 1.165) is 24.6 Å². The topological polar surface area (TPSA) is 59.2 Å². The fraction of sp³-hybridized carbons (Fsp3) is 0.250. The van der Waals surface area contributed by atoms with Gasteiger partial charge in [-0.3, -0.25) is 4.79 Å². The van der Waals surface area contributed by atoms with Gasteiger partial charge in [0.1, 0.15) is 5.82 Å². The van der Waals surface area contributed by atoms with Crippen LogP contribution in [0.2, 0.25) is 0 Å². The smallest absolute Gasteiger partial charge is 0.266 e. The first kappa shape index (κ1) is 14.0. The van der Waals surface area contributed by atoms with E-state index in [-0.39, 0.29) is 17.9 Å². The van der Waals surface area contributed by atoms with Gasteiger partial charge in [-0.2, -0.15) is 4.98 Å². The van der Waals surface area contributed by atoms with E-state index in [1.807, 2.05) is 0 Å². The summed E-state index contributed by atoms with van der Waals surface area (Å²) in [6, 6.07) is 2.84. The Balaban J connectivity index is 2.14. The van der Waals surface area contributed by atoms with Gasteiger partial charge in [0.15, 0.2) is 5.82 Å². The molecule has 0 aliphatic carbocycles. The molecule has 0 fully saturated rings. The van der Waals surface area contributed by atoms with E-state index in [0.29, 0.717) is 0 Å². The van der Waals surface area contributed by atoms with Crippen LogP contribution < -0.4 is 0 Å². The van der Waals surface area contributed by atoms with Crippen molar-refractivity contribution in [3.05, 3.63) is 47.4 Å². The first-order valence-corrected chi connectivity index (χ1v) is 5.57. The Hall–Kier alpha value is -2.38. The summed E-state index contributed by atoms with van der Waals surface area (Å²) in [7, 11) is 1.46. The molecule has 1 amide bonds. The summed E-state index contributed by atoms with van der Waals surface area (Å²) in [6.45, 7) is 0.0630. The molecule has 1 heterocycles. The van der Waals surface area contributed by atoms with Crippen LogP contribution in [-0.2, 0) is 6.54 Å². The number of aromatic nitrogens is 2. The molecule has 1 aromatic carbocycles. The first-order valence-electron chi connectivity index (χ1n) is 5.57. The van der Waals surface area contributed by atoms with Crippen molar-refractivity contribution in [3.8, 4) is 0 Å². The lowest BCUT2D eigenvalue weighted by molar-refractivity contribution is 0.0779. The van der Waals surface area contributed by atoms with Crippen molar-refractivity contribution in [2.45, 2.75) is 13.0 Å². The van der Waals surface area contributed by atoms with Crippen LogP contribution in [0.25, 0.3) is 0 Å². The van der Waals surface area contributed by atoms with Crippen LogP contribution in [0.3, 0.4) is 0 Å². The van der Waals surface area contributed by atoms with Crippen LogP contribution in [-0.4, -0.2) is 28.0 Å². The van der Waals surface area contributed by atoms with Gasteiger partial charge in [-0.05, 0) is 18.2 Å². The quantitative estimate of drug-likeness (QED) is 0.865. The van der Waals surface area contributed by atoms with Gasteiger partial charge in [-0.1, -0.05) is 5.16 Å². The molecule has 0 N–H and O–H groups in total. The molecule has 0 atom stereocenters. The molecule has 0 aliphatic rings. The average Bonchev–Trinajstić information content (AvgIpc) is 2.90. The van der Waals surface area contributed by atoms with E-state index in [1.165, 1.54) is 11.9 Å². The van der Waals surface area contributed by atoms with Crippen molar-refractivity contribution in [1.82, 2.24) is 15.0 Å². The third-order valence-corrected chi connectivity index (χ3v) is 2.61. The predicted octanol–water partition coefficient (Wildman–Crippen LogP) is 2.42. The van der Waals surface area contributed by atoms with Crippen molar-refractivity contribution in [2.75, 3.05) is 7.05 Å². The Morgan fingerprint density at radius 2 is 2.20 bits per heavy atom. The van der Waals surface area contributed by atoms with Gasteiger partial charge in [-0.15, -0.1) is 0 Å². The van der Waals surface area contributed by atoms with Gasteiger partial charge in [0.05, 0.1) is 12.1 Å². The number of hydrogen-bond donors (Lipinski definition) is 0. The average molecular weight is 285 g/mol. The number of carbonyl (C=O) groups excluding carboxylic acids is 1. The summed E-state index contributed by atoms with van der Waals surface area (Å²) in [5, 5.41) is 3.53. The molecular weight excluding hydrogens is 275 g/mol. The second-order valence-corrected chi connectivity index (χ2v) is 4.05. The van der Waals surface area contributed by atoms with Crippen molar-refractivity contribution in [1.29, 1.82) is 0 Å². The number of hydrogen-bond acceptors (Lipinski definition) is 4. The number of carbonyl (C=O) groups is 1. The van der Waals surface area contributed by atoms with Gasteiger partial charge in [0.25, 0.3) is 12.3 Å². The van der Waals surface area contributed by atoms with Crippen molar-refractivity contribution >= 4 is 5.91 Å². The van der Waals surface area contributed by atoms with Gasteiger partial charge in [0, 0.05) is 12.6 Å². The van der Waals surface area contributed by atoms with Crippen LogP contribution in [0.15, 0.2) is 29.1 Å². The van der Waals surface area contributed by atoms with Gasteiger partial charge >= 0.3 is 0 Å². The summed E-state index contributed by atoms with van der Waals surface area (Å²) in [6.07, 6.45) is -1.80. The summed E-state index contributed by atoms with van der Waals surface area (Å²) in [5.74, 6) is -1.36. The third kappa shape index (κ3) is 2.95. The fourth-order valence-corrected chi connectivity index (χ4v) is 1.60. The van der Waals surface area contributed by atoms with E-state index in [4.69, 9.17) is 0 Å². The minimum atomic E-state index is -2.92. The number of nitrogens with zero attached hydrogens (tertiary/aromatic N) is 3. The van der Waals surface area contributed by atoms with E-state index >= 15 is 0 Å². The molecule has 5 nitrogen and oxygen atoms in total. The number of benzene rings is 1. The SMILES string of the molecule is CN(Cc1ncon1)C(=O)c1ccc(C(F)F)c(F)c1. The van der Waals surface area contributed by atoms with Crippen LogP contribution in [0, 0.1) is 5.82 Å². The maximum Gasteiger partial charge on any atom is 0.266 e. The van der Waals surface area contributed by atoms with Gasteiger partial charge in [-0.25, -0.2) is 13.2 Å². The zero-order valence-corrected chi connectivity index (χ0v) is 10.4.